The average molecular weight is 700 g/mol. The van der Waals surface area contributed by atoms with E-state index in [1.54, 1.807) is 0 Å². The zero-order valence-electron chi connectivity index (χ0n) is 29.8. The number of fused-ring (bicyclic) bond motifs is 6. The number of aromatic nitrogens is 3. The lowest BCUT2D eigenvalue weighted by Crippen LogP contribution is -2.55. The smallest absolute Gasteiger partial charge is 0.178 e. The van der Waals surface area contributed by atoms with E-state index in [0.29, 0.717) is 29.3 Å². The lowest BCUT2D eigenvalue weighted by Gasteiger charge is -2.61. The Bertz CT molecular complexity index is 2530. The van der Waals surface area contributed by atoms with Crippen molar-refractivity contribution in [1.29, 1.82) is 0 Å². The lowest BCUT2D eigenvalue weighted by atomic mass is 9.43. The van der Waals surface area contributed by atoms with E-state index in [4.69, 9.17) is 24.4 Å². The summed E-state index contributed by atoms with van der Waals surface area (Å²) in [5.41, 5.74) is 10.5. The number of benzene rings is 6. The summed E-state index contributed by atoms with van der Waals surface area (Å²) in [6.07, 6.45) is 6.87. The molecule has 0 saturated heterocycles. The Morgan fingerprint density at radius 2 is 0.926 bits per heavy atom. The fraction of sp³-hybridized carbons (Fsp3) is 0.204. The largest absolute Gasteiger partial charge is 0.449 e. The maximum Gasteiger partial charge on any atom is 0.178 e. The third-order valence-electron chi connectivity index (χ3n) is 13.2. The molecule has 5 aliphatic carbocycles. The van der Waals surface area contributed by atoms with Gasteiger partial charge >= 0.3 is 0 Å². The zero-order chi connectivity index (χ0) is 35.4. The molecule has 4 fully saturated rings. The Balaban J connectivity index is 0.914. The lowest BCUT2D eigenvalue weighted by molar-refractivity contribution is -0.0399. The minimum atomic E-state index is 0.0872. The van der Waals surface area contributed by atoms with Crippen LogP contribution in [0.2, 0.25) is 0 Å². The molecule has 7 aromatic rings. The van der Waals surface area contributed by atoms with Gasteiger partial charge in [0.25, 0.3) is 0 Å². The number of hydrogen-bond acceptors (Lipinski definition) is 5. The highest BCUT2D eigenvalue weighted by atomic mass is 16.6. The summed E-state index contributed by atoms with van der Waals surface area (Å²) in [6.45, 7) is 0. The van der Waals surface area contributed by atoms with Crippen molar-refractivity contribution in [3.8, 4) is 79.4 Å². The van der Waals surface area contributed by atoms with E-state index in [1.165, 1.54) is 54.4 Å². The van der Waals surface area contributed by atoms with Crippen LogP contribution in [0.4, 0.5) is 0 Å². The van der Waals surface area contributed by atoms with Gasteiger partial charge in [0, 0.05) is 33.2 Å². The molecule has 2 heterocycles. The first-order valence-electron chi connectivity index (χ1n) is 19.4. The Morgan fingerprint density at radius 3 is 1.57 bits per heavy atom. The highest BCUT2D eigenvalue weighted by Gasteiger charge is 2.62. The minimum Gasteiger partial charge on any atom is -0.449 e. The van der Waals surface area contributed by atoms with Crippen LogP contribution in [0.3, 0.4) is 0 Å². The first kappa shape index (κ1) is 30.4. The summed E-state index contributed by atoms with van der Waals surface area (Å²) in [4.78, 5) is 14.7. The summed E-state index contributed by atoms with van der Waals surface area (Å²) in [6, 6.07) is 48.5. The van der Waals surface area contributed by atoms with Gasteiger partial charge in [0.2, 0.25) is 0 Å². The highest BCUT2D eigenvalue weighted by Crippen LogP contribution is 2.71. The minimum absolute atomic E-state index is 0.0872. The molecule has 0 atom stereocenters. The van der Waals surface area contributed by atoms with Crippen molar-refractivity contribution >= 4 is 0 Å². The molecule has 4 saturated carbocycles. The molecule has 0 radical (unpaired) electrons. The monoisotopic (exact) mass is 699 g/mol. The number of rotatable bonds is 4. The molecule has 0 amide bonds. The molecule has 54 heavy (non-hydrogen) atoms. The normalized spacial score (nSPS) is 23.6. The van der Waals surface area contributed by atoms with Crippen LogP contribution < -0.4 is 9.47 Å². The van der Waals surface area contributed by atoms with Gasteiger partial charge in [0.15, 0.2) is 40.5 Å². The van der Waals surface area contributed by atoms with E-state index in [1.807, 2.05) is 66.7 Å². The SMILES string of the molecule is c1ccc(-c2nc(-c3ccccc3)nc(-c3ccc(-c4cccc5c4Oc4ccc6c(c4O5)-c4ccccc4C64C5CC6CC(C5)CC4C6)cc3)n2)cc1. The summed E-state index contributed by atoms with van der Waals surface area (Å²) in [5.74, 6) is 8.27. The van der Waals surface area contributed by atoms with Crippen molar-refractivity contribution in [2.45, 2.75) is 37.5 Å². The van der Waals surface area contributed by atoms with Gasteiger partial charge in [-0.1, -0.05) is 127 Å². The number of hydrogen-bond donors (Lipinski definition) is 0. The Labute approximate surface area is 314 Å². The molecule has 0 N–H and O–H groups in total. The van der Waals surface area contributed by atoms with Crippen molar-refractivity contribution in [2.24, 2.45) is 23.7 Å². The summed E-state index contributed by atoms with van der Waals surface area (Å²) in [7, 11) is 0. The quantitative estimate of drug-likeness (QED) is 0.183. The topological polar surface area (TPSA) is 57.1 Å². The van der Waals surface area contributed by atoms with E-state index in [0.717, 1.165) is 62.7 Å². The van der Waals surface area contributed by atoms with E-state index >= 15 is 0 Å². The van der Waals surface area contributed by atoms with Crippen molar-refractivity contribution in [3.05, 3.63) is 151 Å². The summed E-state index contributed by atoms with van der Waals surface area (Å²) in [5, 5.41) is 0. The number of ether oxygens (including phenoxy) is 2. The van der Waals surface area contributed by atoms with Gasteiger partial charge < -0.3 is 9.47 Å². The zero-order valence-corrected chi connectivity index (χ0v) is 29.8. The summed E-state index contributed by atoms with van der Waals surface area (Å²) >= 11 is 0. The van der Waals surface area contributed by atoms with Crippen molar-refractivity contribution < 1.29 is 9.47 Å². The molecular formula is C49H37N3O2. The van der Waals surface area contributed by atoms with Crippen LogP contribution in [0.5, 0.6) is 23.0 Å². The van der Waals surface area contributed by atoms with Crippen LogP contribution in [-0.4, -0.2) is 15.0 Å². The van der Waals surface area contributed by atoms with Gasteiger partial charge in [-0.3, -0.25) is 0 Å². The molecule has 0 unspecified atom stereocenters. The second-order valence-corrected chi connectivity index (χ2v) is 16.0. The molecule has 13 rings (SSSR count). The molecular weight excluding hydrogens is 663 g/mol. The van der Waals surface area contributed by atoms with E-state index in [-0.39, 0.29) is 5.41 Å². The molecule has 1 aliphatic heterocycles. The van der Waals surface area contributed by atoms with Crippen molar-refractivity contribution in [2.75, 3.05) is 0 Å². The molecule has 4 bridgehead atoms. The van der Waals surface area contributed by atoms with Crippen LogP contribution in [0.15, 0.2) is 140 Å². The number of nitrogens with zero attached hydrogens (tertiary/aromatic N) is 3. The van der Waals surface area contributed by atoms with Gasteiger partial charge in [-0.05, 0) is 90.2 Å². The second kappa shape index (κ2) is 11.5. The van der Waals surface area contributed by atoms with Crippen molar-refractivity contribution in [3.63, 3.8) is 0 Å². The predicted octanol–water partition coefficient (Wildman–Crippen LogP) is 12.2. The molecule has 5 nitrogen and oxygen atoms in total. The van der Waals surface area contributed by atoms with Crippen LogP contribution in [0.1, 0.15) is 43.2 Å². The summed E-state index contributed by atoms with van der Waals surface area (Å²) < 4.78 is 13.9. The average Bonchev–Trinajstić information content (AvgIpc) is 3.53. The third-order valence-corrected chi connectivity index (χ3v) is 13.2. The predicted molar refractivity (Wildman–Crippen MR) is 211 cm³/mol. The van der Waals surface area contributed by atoms with Gasteiger partial charge in [0.1, 0.15) is 0 Å². The maximum atomic E-state index is 6.98. The van der Waals surface area contributed by atoms with Gasteiger partial charge in [-0.2, -0.15) is 0 Å². The Morgan fingerprint density at radius 1 is 0.407 bits per heavy atom. The fourth-order valence-corrected chi connectivity index (χ4v) is 11.3. The van der Waals surface area contributed by atoms with Gasteiger partial charge in [0.05, 0.1) is 0 Å². The fourth-order valence-electron chi connectivity index (χ4n) is 11.3. The van der Waals surface area contributed by atoms with E-state index in [2.05, 4.69) is 72.8 Å². The molecule has 260 valence electrons. The second-order valence-electron chi connectivity index (χ2n) is 16.0. The Hall–Kier alpha value is -6.07. The maximum absolute atomic E-state index is 6.98. The standard InChI is InChI=1S/C49H37N3O2/c1-3-10-32(11-4-1)46-50-47(33-12-5-2-6-13-33)52-48(51-46)34-20-18-31(19-21-34)37-15-9-17-41-44(37)53-42-23-22-40-43(45(42)54-41)38-14-7-8-16-39(38)49(40)35-25-29-24-30(27-35)28-36(49)26-29/h1-23,29-30,35-36H,24-28H2. The van der Waals surface area contributed by atoms with Crippen LogP contribution in [0.25, 0.3) is 56.4 Å². The molecule has 5 heteroatoms. The molecule has 6 aromatic carbocycles. The highest BCUT2D eigenvalue weighted by molar-refractivity contribution is 5.90. The van der Waals surface area contributed by atoms with Crippen LogP contribution >= 0.6 is 0 Å². The van der Waals surface area contributed by atoms with Gasteiger partial charge in [-0.15, -0.1) is 0 Å². The van der Waals surface area contributed by atoms with Crippen LogP contribution in [0, 0.1) is 23.7 Å². The Kier molecular flexibility index (Phi) is 6.45. The van der Waals surface area contributed by atoms with Crippen LogP contribution in [-0.2, 0) is 5.41 Å². The first-order chi connectivity index (χ1) is 26.7. The van der Waals surface area contributed by atoms with Crippen molar-refractivity contribution in [1.82, 2.24) is 15.0 Å². The molecule has 1 spiro atoms. The molecule has 6 aliphatic rings. The molecule has 1 aromatic heterocycles. The third kappa shape index (κ3) is 4.35. The first-order valence-corrected chi connectivity index (χ1v) is 19.4. The number of para-hydroxylation sites is 1. The van der Waals surface area contributed by atoms with E-state index in [9.17, 15) is 0 Å². The van der Waals surface area contributed by atoms with E-state index < -0.39 is 0 Å². The van der Waals surface area contributed by atoms with Gasteiger partial charge in [-0.25, -0.2) is 15.0 Å².